The van der Waals surface area contributed by atoms with Gasteiger partial charge in [-0.25, -0.2) is 0 Å². The Labute approximate surface area is 238 Å². The molecule has 0 aliphatic rings. The SMILES string of the molecule is CCC[CH2][Sn]([CH2]CCC)([CH2]CCC)[c]1cc2ccccc2c(C(=O)c2ccc(Cl)cc2)c1-c1ccccc1. The number of fused-ring (bicyclic) bond motifs is 1. The van der Waals surface area contributed by atoms with Crippen molar-refractivity contribution in [3.8, 4) is 11.1 Å². The van der Waals surface area contributed by atoms with Crippen molar-refractivity contribution in [1.82, 2.24) is 0 Å². The molecule has 0 amide bonds. The predicted octanol–water partition coefficient (Wildman–Crippen LogP) is 10.4. The molecule has 1 nitrogen and oxygen atoms in total. The topological polar surface area (TPSA) is 17.1 Å². The van der Waals surface area contributed by atoms with Crippen LogP contribution in [0, 0.1) is 0 Å². The number of hydrogen-bond acceptors (Lipinski definition) is 1. The number of carbonyl (C=O) groups is 1. The summed E-state index contributed by atoms with van der Waals surface area (Å²) in [5.41, 5.74) is 3.96. The van der Waals surface area contributed by atoms with Gasteiger partial charge in [0.1, 0.15) is 0 Å². The molecule has 4 aromatic carbocycles. The molecule has 0 heterocycles. The fourth-order valence-corrected chi connectivity index (χ4v) is 23.0. The van der Waals surface area contributed by atoms with E-state index in [9.17, 15) is 4.79 Å². The third-order valence-electron chi connectivity index (χ3n) is 8.04. The first kappa shape index (κ1) is 28.9. The molecule has 0 saturated heterocycles. The molecule has 0 spiro atoms. The quantitative estimate of drug-likeness (QED) is 0.106. The molecule has 3 heteroatoms. The second kappa shape index (κ2) is 13.8. The maximum absolute atomic E-state index is 14.5. The van der Waals surface area contributed by atoms with Crippen LogP contribution in [0.5, 0.6) is 0 Å². The first-order valence-electron chi connectivity index (χ1n) is 14.5. The van der Waals surface area contributed by atoms with Crippen LogP contribution in [0.3, 0.4) is 0 Å². The minimum absolute atomic E-state index is 0.0974. The summed E-state index contributed by atoms with van der Waals surface area (Å²) in [6, 6.07) is 29.2. The molecule has 4 rings (SSSR count). The standard InChI is InChI=1S/C23H14ClO.3C4H9.Sn/c24-19-13-10-18(11-14-19)23(25)22-20-9-5-4-8-17(20)12-15-21(22)16-6-2-1-3-7-16;3*1-3-4-2;/h1-14H;3*1,3-4H2,2H3;. The molecule has 38 heavy (non-hydrogen) atoms. The molecule has 0 bridgehead atoms. The molecule has 0 aliphatic heterocycles. The molecule has 0 radical (unpaired) electrons. The van der Waals surface area contributed by atoms with Gasteiger partial charge < -0.3 is 0 Å². The van der Waals surface area contributed by atoms with Crippen molar-refractivity contribution in [2.24, 2.45) is 0 Å². The van der Waals surface area contributed by atoms with E-state index in [1.165, 1.54) is 68.3 Å². The van der Waals surface area contributed by atoms with Gasteiger partial charge in [-0.1, -0.05) is 0 Å². The van der Waals surface area contributed by atoms with E-state index in [1.54, 1.807) is 3.58 Å². The summed E-state index contributed by atoms with van der Waals surface area (Å²) in [4.78, 5) is 14.5. The van der Waals surface area contributed by atoms with E-state index >= 15 is 0 Å². The van der Waals surface area contributed by atoms with Crippen molar-refractivity contribution in [2.75, 3.05) is 0 Å². The molecule has 0 aromatic heterocycles. The Kier molecular flexibility index (Phi) is 10.5. The Hall–Kier alpha value is -2.10. The second-order valence-corrected chi connectivity index (χ2v) is 24.3. The fourth-order valence-electron chi connectivity index (χ4n) is 5.98. The zero-order valence-electron chi connectivity index (χ0n) is 23.2. The number of rotatable bonds is 13. The van der Waals surface area contributed by atoms with Gasteiger partial charge in [0, 0.05) is 0 Å². The van der Waals surface area contributed by atoms with Crippen LogP contribution in [0.2, 0.25) is 18.3 Å². The fraction of sp³-hybridized carbons (Fsp3) is 0.343. The molecular formula is C35H41ClOSn. The van der Waals surface area contributed by atoms with Crippen molar-refractivity contribution in [1.29, 1.82) is 0 Å². The van der Waals surface area contributed by atoms with Crippen LogP contribution < -0.4 is 3.58 Å². The Morgan fingerprint density at radius 2 is 1.26 bits per heavy atom. The molecule has 0 aliphatic carbocycles. The van der Waals surface area contributed by atoms with Crippen molar-refractivity contribution in [2.45, 2.75) is 72.6 Å². The maximum atomic E-state index is 14.5. The third kappa shape index (κ3) is 6.37. The second-order valence-electron chi connectivity index (χ2n) is 10.7. The zero-order chi connectivity index (χ0) is 27.0. The number of ketones is 1. The zero-order valence-corrected chi connectivity index (χ0v) is 26.8. The number of halogens is 1. The van der Waals surface area contributed by atoms with E-state index in [1.807, 2.05) is 24.3 Å². The molecular weight excluding hydrogens is 591 g/mol. The van der Waals surface area contributed by atoms with Crippen LogP contribution in [0.15, 0.2) is 84.9 Å². The van der Waals surface area contributed by atoms with Gasteiger partial charge in [0.25, 0.3) is 0 Å². The van der Waals surface area contributed by atoms with Gasteiger partial charge in [0.15, 0.2) is 0 Å². The van der Waals surface area contributed by atoms with Gasteiger partial charge in [0.05, 0.1) is 0 Å². The van der Waals surface area contributed by atoms with Crippen LogP contribution >= 0.6 is 11.6 Å². The van der Waals surface area contributed by atoms with E-state index in [-0.39, 0.29) is 5.78 Å². The van der Waals surface area contributed by atoms with Crippen molar-refractivity contribution >= 4 is 50.1 Å². The van der Waals surface area contributed by atoms with Crippen LogP contribution in [-0.4, -0.2) is 24.2 Å². The van der Waals surface area contributed by atoms with Gasteiger partial charge in [-0.3, -0.25) is 0 Å². The number of benzene rings is 4. The third-order valence-corrected chi connectivity index (χ3v) is 23.9. The summed E-state index contributed by atoms with van der Waals surface area (Å²) >= 11 is 3.26. The van der Waals surface area contributed by atoms with Crippen LogP contribution in [-0.2, 0) is 0 Å². The molecule has 0 fully saturated rings. The van der Waals surface area contributed by atoms with Crippen LogP contribution in [0.25, 0.3) is 21.9 Å². The normalized spacial score (nSPS) is 11.7. The summed E-state index contributed by atoms with van der Waals surface area (Å²) in [7, 11) is 0. The summed E-state index contributed by atoms with van der Waals surface area (Å²) in [5, 5.41) is 2.90. The summed E-state index contributed by atoms with van der Waals surface area (Å²) < 4.78 is 5.64. The Balaban J connectivity index is 2.11. The molecule has 0 saturated carbocycles. The molecule has 4 aromatic rings. The summed E-state index contributed by atoms with van der Waals surface area (Å²) in [6.07, 6.45) is 7.52. The van der Waals surface area contributed by atoms with Crippen LogP contribution in [0.1, 0.15) is 75.2 Å². The molecule has 198 valence electrons. The Morgan fingerprint density at radius 1 is 0.711 bits per heavy atom. The van der Waals surface area contributed by atoms with E-state index < -0.39 is 18.4 Å². The van der Waals surface area contributed by atoms with Gasteiger partial charge in [0.2, 0.25) is 0 Å². The molecule has 0 atom stereocenters. The van der Waals surface area contributed by atoms with Gasteiger partial charge in [-0.05, 0) is 0 Å². The van der Waals surface area contributed by atoms with Gasteiger partial charge in [-0.2, -0.15) is 0 Å². The molecule has 0 unspecified atom stereocenters. The summed E-state index contributed by atoms with van der Waals surface area (Å²) in [5.74, 6) is 0.0974. The number of hydrogen-bond donors (Lipinski definition) is 0. The van der Waals surface area contributed by atoms with Gasteiger partial charge in [-0.15, -0.1) is 0 Å². The number of carbonyl (C=O) groups excluding carboxylic acids is 1. The van der Waals surface area contributed by atoms with Crippen molar-refractivity contribution in [3.05, 3.63) is 101 Å². The minimum atomic E-state index is -2.95. The monoisotopic (exact) mass is 632 g/mol. The van der Waals surface area contributed by atoms with Crippen molar-refractivity contribution < 1.29 is 4.79 Å². The van der Waals surface area contributed by atoms with E-state index in [0.29, 0.717) is 10.6 Å². The average Bonchev–Trinajstić information content (AvgIpc) is 2.96. The first-order chi connectivity index (χ1) is 18.5. The average molecular weight is 632 g/mol. The van der Waals surface area contributed by atoms with E-state index in [4.69, 9.17) is 11.6 Å². The van der Waals surface area contributed by atoms with Gasteiger partial charge >= 0.3 is 240 Å². The van der Waals surface area contributed by atoms with E-state index in [2.05, 4.69) is 81.4 Å². The Morgan fingerprint density at radius 3 is 1.84 bits per heavy atom. The predicted molar refractivity (Wildman–Crippen MR) is 169 cm³/mol. The number of unbranched alkanes of at least 4 members (excludes halogenated alkanes) is 3. The van der Waals surface area contributed by atoms with Crippen molar-refractivity contribution in [3.63, 3.8) is 0 Å². The van der Waals surface area contributed by atoms with E-state index in [0.717, 1.165) is 10.9 Å². The first-order valence-corrected chi connectivity index (χ1v) is 22.3. The Bertz CT molecular complexity index is 1320. The molecule has 0 N–H and O–H groups in total. The summed E-state index contributed by atoms with van der Waals surface area (Å²) in [6.45, 7) is 6.97. The van der Waals surface area contributed by atoms with Crippen LogP contribution in [0.4, 0.5) is 0 Å².